The van der Waals surface area contributed by atoms with Gasteiger partial charge in [0, 0.05) is 30.2 Å². The Bertz CT molecular complexity index is 545. The fourth-order valence-corrected chi connectivity index (χ4v) is 2.04. The second kappa shape index (κ2) is 5.28. The van der Waals surface area contributed by atoms with Crippen molar-refractivity contribution in [1.82, 2.24) is 14.8 Å². The van der Waals surface area contributed by atoms with Crippen LogP contribution in [0.3, 0.4) is 0 Å². The van der Waals surface area contributed by atoms with E-state index in [1.165, 1.54) is 11.3 Å². The van der Waals surface area contributed by atoms with Crippen molar-refractivity contribution in [2.45, 2.75) is 26.4 Å². The van der Waals surface area contributed by atoms with E-state index in [0.717, 1.165) is 5.01 Å². The molecule has 96 valence electrons. The monoisotopic (exact) mass is 265 g/mol. The second-order valence-electron chi connectivity index (χ2n) is 4.06. The molecule has 0 spiro atoms. The molecule has 0 saturated carbocycles. The van der Waals surface area contributed by atoms with E-state index in [4.69, 9.17) is 5.73 Å². The first-order chi connectivity index (χ1) is 8.60. The van der Waals surface area contributed by atoms with E-state index < -0.39 is 0 Å². The summed E-state index contributed by atoms with van der Waals surface area (Å²) < 4.78 is 1.78. The van der Waals surface area contributed by atoms with Crippen LogP contribution in [0.2, 0.25) is 0 Å². The minimum absolute atomic E-state index is 0.263. The highest BCUT2D eigenvalue weighted by molar-refractivity contribution is 7.09. The van der Waals surface area contributed by atoms with Crippen molar-refractivity contribution in [3.05, 3.63) is 28.3 Å². The van der Waals surface area contributed by atoms with Crippen molar-refractivity contribution in [2.24, 2.45) is 5.73 Å². The Morgan fingerprint density at radius 3 is 2.94 bits per heavy atom. The van der Waals surface area contributed by atoms with E-state index >= 15 is 0 Å². The highest BCUT2D eigenvalue weighted by Gasteiger charge is 2.12. The lowest BCUT2D eigenvalue weighted by Gasteiger charge is -2.03. The smallest absolute Gasteiger partial charge is 0.276 e. The van der Waals surface area contributed by atoms with Crippen LogP contribution in [-0.2, 0) is 6.54 Å². The summed E-state index contributed by atoms with van der Waals surface area (Å²) in [6.45, 7) is 4.39. The number of thiazole rings is 1. The van der Waals surface area contributed by atoms with Crippen LogP contribution >= 0.6 is 11.3 Å². The summed E-state index contributed by atoms with van der Waals surface area (Å²) in [5, 5.41) is 9.38. The number of carbonyl (C=O) groups excluding carboxylic acids is 1. The van der Waals surface area contributed by atoms with Crippen LogP contribution in [0.5, 0.6) is 0 Å². The van der Waals surface area contributed by atoms with Gasteiger partial charge in [0.2, 0.25) is 0 Å². The number of carbonyl (C=O) groups is 1. The number of rotatable bonds is 4. The number of hydrogen-bond acceptors (Lipinski definition) is 5. The van der Waals surface area contributed by atoms with Crippen LogP contribution in [0.4, 0.5) is 5.82 Å². The molecule has 0 aliphatic rings. The molecular weight excluding hydrogens is 250 g/mol. The number of anilines is 1. The number of nitrogens with two attached hydrogens (primary N) is 1. The van der Waals surface area contributed by atoms with E-state index in [1.807, 2.05) is 20.0 Å². The fraction of sp³-hybridized carbons (Fsp3) is 0.364. The Balaban J connectivity index is 2.06. The number of aromatic nitrogens is 3. The molecule has 0 saturated heterocycles. The first-order valence-electron chi connectivity index (χ1n) is 5.61. The van der Waals surface area contributed by atoms with Crippen molar-refractivity contribution < 1.29 is 4.79 Å². The van der Waals surface area contributed by atoms with E-state index in [0.29, 0.717) is 18.1 Å². The lowest BCUT2D eigenvalue weighted by Crippen LogP contribution is -2.13. The molecule has 0 aliphatic heterocycles. The van der Waals surface area contributed by atoms with Gasteiger partial charge in [-0.3, -0.25) is 9.48 Å². The molecule has 3 N–H and O–H groups in total. The predicted molar refractivity (Wildman–Crippen MR) is 70.6 cm³/mol. The molecule has 7 heteroatoms. The molecule has 2 rings (SSSR count). The first kappa shape index (κ1) is 12.7. The topological polar surface area (TPSA) is 85.8 Å². The Hall–Kier alpha value is -1.73. The third-order valence-corrected chi connectivity index (χ3v) is 3.21. The van der Waals surface area contributed by atoms with Crippen LogP contribution in [0.1, 0.15) is 35.4 Å². The van der Waals surface area contributed by atoms with Crippen LogP contribution in [0.25, 0.3) is 0 Å². The molecule has 2 aromatic heterocycles. The van der Waals surface area contributed by atoms with Gasteiger partial charge in [-0.05, 0) is 13.8 Å². The molecule has 0 bridgehead atoms. The van der Waals surface area contributed by atoms with E-state index in [-0.39, 0.29) is 11.9 Å². The number of nitrogens with zero attached hydrogens (tertiary/aromatic N) is 3. The van der Waals surface area contributed by atoms with Crippen molar-refractivity contribution in [3.8, 4) is 0 Å². The molecule has 2 heterocycles. The lowest BCUT2D eigenvalue weighted by atomic mass is 10.4. The quantitative estimate of drug-likeness (QED) is 0.879. The SMILES string of the molecule is CC(C)n1ccc(NC(=O)c2csc(CN)n2)n1. The summed E-state index contributed by atoms with van der Waals surface area (Å²) >= 11 is 1.38. The predicted octanol–water partition coefficient (Wildman–Crippen LogP) is 1.63. The zero-order valence-electron chi connectivity index (χ0n) is 10.3. The molecule has 6 nitrogen and oxygen atoms in total. The molecule has 0 fully saturated rings. The Kier molecular flexibility index (Phi) is 3.73. The highest BCUT2D eigenvalue weighted by Crippen LogP contribution is 2.12. The van der Waals surface area contributed by atoms with Crippen molar-refractivity contribution in [3.63, 3.8) is 0 Å². The largest absolute Gasteiger partial charge is 0.325 e. The Morgan fingerprint density at radius 1 is 1.61 bits per heavy atom. The maximum absolute atomic E-state index is 11.9. The minimum Gasteiger partial charge on any atom is -0.325 e. The zero-order chi connectivity index (χ0) is 13.1. The summed E-state index contributed by atoms with van der Waals surface area (Å²) in [5.74, 6) is 0.260. The molecule has 18 heavy (non-hydrogen) atoms. The highest BCUT2D eigenvalue weighted by atomic mass is 32.1. The second-order valence-corrected chi connectivity index (χ2v) is 5.00. The third-order valence-electron chi connectivity index (χ3n) is 2.34. The van der Waals surface area contributed by atoms with Gasteiger partial charge in [-0.1, -0.05) is 0 Å². The maximum Gasteiger partial charge on any atom is 0.276 e. The summed E-state index contributed by atoms with van der Waals surface area (Å²) in [7, 11) is 0. The fourth-order valence-electron chi connectivity index (χ4n) is 1.38. The average Bonchev–Trinajstić information content (AvgIpc) is 2.96. The summed E-state index contributed by atoms with van der Waals surface area (Å²) in [6, 6.07) is 2.02. The molecule has 0 atom stereocenters. The molecule has 1 amide bonds. The summed E-state index contributed by atoms with van der Waals surface area (Å²) in [5.41, 5.74) is 5.83. The third kappa shape index (κ3) is 2.74. The van der Waals surface area contributed by atoms with Gasteiger partial charge in [0.05, 0.1) is 0 Å². The molecule has 2 aromatic rings. The van der Waals surface area contributed by atoms with Crippen molar-refractivity contribution in [1.29, 1.82) is 0 Å². The van der Waals surface area contributed by atoms with Gasteiger partial charge in [0.1, 0.15) is 10.7 Å². The molecular formula is C11H15N5OS. The summed E-state index contributed by atoms with van der Waals surface area (Å²) in [4.78, 5) is 16.0. The van der Waals surface area contributed by atoms with Crippen LogP contribution in [-0.4, -0.2) is 20.7 Å². The van der Waals surface area contributed by atoms with Gasteiger partial charge in [-0.15, -0.1) is 11.3 Å². The van der Waals surface area contributed by atoms with E-state index in [9.17, 15) is 4.79 Å². The van der Waals surface area contributed by atoms with Crippen LogP contribution in [0.15, 0.2) is 17.6 Å². The van der Waals surface area contributed by atoms with Gasteiger partial charge in [-0.25, -0.2) is 4.98 Å². The lowest BCUT2D eigenvalue weighted by molar-refractivity contribution is 0.102. The molecule has 0 aliphatic carbocycles. The van der Waals surface area contributed by atoms with Crippen molar-refractivity contribution in [2.75, 3.05) is 5.32 Å². The normalized spacial score (nSPS) is 10.9. The molecule has 0 aromatic carbocycles. The van der Waals surface area contributed by atoms with Gasteiger partial charge in [0.25, 0.3) is 5.91 Å². The number of amides is 1. The van der Waals surface area contributed by atoms with Gasteiger partial charge >= 0.3 is 0 Å². The standard InChI is InChI=1S/C11H15N5OS/c1-7(2)16-4-3-9(15-16)14-11(17)8-6-18-10(5-12)13-8/h3-4,6-7H,5,12H2,1-2H3,(H,14,15,17). The average molecular weight is 265 g/mol. The van der Waals surface area contributed by atoms with Crippen LogP contribution < -0.4 is 11.1 Å². The van der Waals surface area contributed by atoms with Crippen LogP contribution in [0, 0.1) is 0 Å². The van der Waals surface area contributed by atoms with E-state index in [2.05, 4.69) is 15.4 Å². The Labute approximate surface area is 109 Å². The molecule has 0 radical (unpaired) electrons. The molecule has 0 unspecified atom stereocenters. The first-order valence-corrected chi connectivity index (χ1v) is 6.49. The maximum atomic E-state index is 11.9. The summed E-state index contributed by atoms with van der Waals surface area (Å²) in [6.07, 6.45) is 1.83. The zero-order valence-corrected chi connectivity index (χ0v) is 11.1. The Morgan fingerprint density at radius 2 is 2.39 bits per heavy atom. The van der Waals surface area contributed by atoms with Gasteiger partial charge in [-0.2, -0.15) is 5.10 Å². The number of hydrogen-bond donors (Lipinski definition) is 2. The van der Waals surface area contributed by atoms with E-state index in [1.54, 1.807) is 16.1 Å². The van der Waals surface area contributed by atoms with Gasteiger partial charge in [0.15, 0.2) is 5.82 Å². The number of nitrogens with one attached hydrogen (secondary N) is 1. The van der Waals surface area contributed by atoms with Gasteiger partial charge < -0.3 is 11.1 Å². The van der Waals surface area contributed by atoms with Crippen molar-refractivity contribution >= 4 is 23.1 Å². The minimum atomic E-state index is -0.264.